The van der Waals surface area contributed by atoms with Crippen LogP contribution in [0.1, 0.15) is 47.2 Å². The van der Waals surface area contributed by atoms with Crippen LogP contribution in [0.2, 0.25) is 0 Å². The van der Waals surface area contributed by atoms with Gasteiger partial charge in [0, 0.05) is 35.6 Å². The molecule has 3 aromatic rings. The SMILES string of the molecule is Cc1cc(OCC(=O)Nc2sc(-c3ccccc3)c(C)c2C(=O)N2CCOCC2)nc(C(C)C)n1. The van der Waals surface area contributed by atoms with Crippen LogP contribution in [0.4, 0.5) is 5.00 Å². The van der Waals surface area contributed by atoms with E-state index < -0.39 is 0 Å². The maximum atomic E-state index is 13.5. The Morgan fingerprint density at radius 3 is 2.54 bits per heavy atom. The molecule has 0 radical (unpaired) electrons. The molecule has 2 aromatic heterocycles. The number of rotatable bonds is 7. The highest BCUT2D eigenvalue weighted by Crippen LogP contribution is 2.40. The summed E-state index contributed by atoms with van der Waals surface area (Å²) < 4.78 is 11.1. The Bertz CT molecular complexity index is 1200. The van der Waals surface area contributed by atoms with E-state index in [1.807, 2.05) is 58.0 Å². The summed E-state index contributed by atoms with van der Waals surface area (Å²) in [4.78, 5) is 37.9. The van der Waals surface area contributed by atoms with Crippen LogP contribution in [0.25, 0.3) is 10.4 Å². The minimum atomic E-state index is -0.357. The van der Waals surface area contributed by atoms with Crippen molar-refractivity contribution in [3.63, 3.8) is 0 Å². The monoisotopic (exact) mass is 494 g/mol. The van der Waals surface area contributed by atoms with Gasteiger partial charge in [0.05, 0.1) is 18.8 Å². The predicted molar refractivity (Wildman–Crippen MR) is 136 cm³/mol. The van der Waals surface area contributed by atoms with Gasteiger partial charge in [0.25, 0.3) is 11.8 Å². The molecule has 3 heterocycles. The highest BCUT2D eigenvalue weighted by atomic mass is 32.1. The number of aromatic nitrogens is 2. The number of hydrogen-bond donors (Lipinski definition) is 1. The van der Waals surface area contributed by atoms with E-state index >= 15 is 0 Å². The zero-order chi connectivity index (χ0) is 24.9. The van der Waals surface area contributed by atoms with E-state index in [0.29, 0.717) is 48.6 Å². The normalized spacial score (nSPS) is 13.7. The molecule has 1 aliphatic rings. The molecule has 8 nitrogen and oxygen atoms in total. The molecule has 184 valence electrons. The third kappa shape index (κ3) is 5.86. The number of nitrogens with zero attached hydrogens (tertiary/aromatic N) is 3. The van der Waals surface area contributed by atoms with Gasteiger partial charge in [-0.25, -0.2) is 4.98 Å². The maximum absolute atomic E-state index is 13.5. The molecule has 1 saturated heterocycles. The van der Waals surface area contributed by atoms with E-state index in [1.54, 1.807) is 11.0 Å². The van der Waals surface area contributed by atoms with Gasteiger partial charge in [0.1, 0.15) is 10.8 Å². The zero-order valence-corrected chi connectivity index (χ0v) is 21.3. The minimum absolute atomic E-state index is 0.103. The first-order chi connectivity index (χ1) is 16.8. The molecule has 0 bridgehead atoms. The second kappa shape index (κ2) is 11.0. The van der Waals surface area contributed by atoms with E-state index in [1.165, 1.54) is 11.3 Å². The first-order valence-corrected chi connectivity index (χ1v) is 12.5. The number of amides is 2. The van der Waals surface area contributed by atoms with Crippen molar-refractivity contribution in [2.24, 2.45) is 0 Å². The van der Waals surface area contributed by atoms with E-state index in [0.717, 1.165) is 21.7 Å². The largest absolute Gasteiger partial charge is 0.467 e. The lowest BCUT2D eigenvalue weighted by atomic mass is 10.1. The molecule has 0 unspecified atom stereocenters. The van der Waals surface area contributed by atoms with E-state index in [-0.39, 0.29) is 24.3 Å². The molecule has 1 aromatic carbocycles. The van der Waals surface area contributed by atoms with Crippen molar-refractivity contribution in [3.8, 4) is 16.3 Å². The smallest absolute Gasteiger partial charge is 0.262 e. The quantitative estimate of drug-likeness (QED) is 0.522. The number of aryl methyl sites for hydroxylation is 1. The Balaban J connectivity index is 1.57. The van der Waals surface area contributed by atoms with Gasteiger partial charge in [-0.05, 0) is 25.0 Å². The molecule has 0 aliphatic carbocycles. The van der Waals surface area contributed by atoms with Crippen molar-refractivity contribution in [1.29, 1.82) is 0 Å². The number of carbonyl (C=O) groups excluding carboxylic acids is 2. The van der Waals surface area contributed by atoms with E-state index in [9.17, 15) is 9.59 Å². The van der Waals surface area contributed by atoms with Gasteiger partial charge in [0.2, 0.25) is 5.88 Å². The van der Waals surface area contributed by atoms with Crippen molar-refractivity contribution in [2.75, 3.05) is 38.2 Å². The van der Waals surface area contributed by atoms with Gasteiger partial charge in [-0.1, -0.05) is 44.2 Å². The number of thiophene rings is 1. The first-order valence-electron chi connectivity index (χ1n) is 11.7. The highest BCUT2D eigenvalue weighted by molar-refractivity contribution is 7.20. The van der Waals surface area contributed by atoms with Gasteiger partial charge in [-0.2, -0.15) is 4.98 Å². The molecule has 1 N–H and O–H groups in total. The number of nitrogens with one attached hydrogen (secondary N) is 1. The van der Waals surface area contributed by atoms with Gasteiger partial charge < -0.3 is 19.7 Å². The summed E-state index contributed by atoms with van der Waals surface area (Å²) in [6.07, 6.45) is 0. The van der Waals surface area contributed by atoms with Crippen molar-refractivity contribution < 1.29 is 19.1 Å². The summed E-state index contributed by atoms with van der Waals surface area (Å²) >= 11 is 1.40. The molecule has 0 spiro atoms. The topological polar surface area (TPSA) is 93.7 Å². The summed E-state index contributed by atoms with van der Waals surface area (Å²) in [7, 11) is 0. The average molecular weight is 495 g/mol. The molecule has 1 aliphatic heterocycles. The van der Waals surface area contributed by atoms with Crippen molar-refractivity contribution in [3.05, 3.63) is 59.0 Å². The summed E-state index contributed by atoms with van der Waals surface area (Å²) in [5.41, 5.74) is 3.14. The fourth-order valence-corrected chi connectivity index (χ4v) is 5.07. The third-order valence-electron chi connectivity index (χ3n) is 5.66. The highest BCUT2D eigenvalue weighted by Gasteiger charge is 2.28. The molecular weight excluding hydrogens is 464 g/mol. The molecule has 9 heteroatoms. The summed E-state index contributed by atoms with van der Waals surface area (Å²) in [5, 5.41) is 3.44. The summed E-state index contributed by atoms with van der Waals surface area (Å²) in [5.74, 6) is 0.705. The van der Waals surface area contributed by atoms with Crippen molar-refractivity contribution in [1.82, 2.24) is 14.9 Å². The number of benzene rings is 1. The van der Waals surface area contributed by atoms with E-state index in [2.05, 4.69) is 15.3 Å². The minimum Gasteiger partial charge on any atom is -0.467 e. The van der Waals surface area contributed by atoms with Crippen LogP contribution >= 0.6 is 11.3 Å². The van der Waals surface area contributed by atoms with E-state index in [4.69, 9.17) is 9.47 Å². The zero-order valence-electron chi connectivity index (χ0n) is 20.5. The van der Waals surface area contributed by atoms with Crippen LogP contribution in [-0.4, -0.2) is 59.6 Å². The molecule has 0 saturated carbocycles. The van der Waals surface area contributed by atoms with Gasteiger partial charge >= 0.3 is 0 Å². The molecule has 0 atom stereocenters. The van der Waals surface area contributed by atoms with Gasteiger partial charge in [-0.3, -0.25) is 9.59 Å². The molecule has 4 rings (SSSR count). The number of ether oxygens (including phenoxy) is 2. The second-order valence-electron chi connectivity index (χ2n) is 8.73. The average Bonchev–Trinajstić information content (AvgIpc) is 3.18. The number of anilines is 1. The Labute approximate surface area is 209 Å². The van der Waals surface area contributed by atoms with Gasteiger partial charge in [0.15, 0.2) is 6.61 Å². The summed E-state index contributed by atoms with van der Waals surface area (Å²) in [6, 6.07) is 11.6. The lowest BCUT2D eigenvalue weighted by Crippen LogP contribution is -2.41. The van der Waals surface area contributed by atoms with Crippen LogP contribution in [-0.2, 0) is 9.53 Å². The van der Waals surface area contributed by atoms with Crippen molar-refractivity contribution in [2.45, 2.75) is 33.6 Å². The number of morpholine rings is 1. The lowest BCUT2D eigenvalue weighted by Gasteiger charge is -2.27. The Morgan fingerprint density at radius 2 is 1.86 bits per heavy atom. The molecule has 1 fully saturated rings. The van der Waals surface area contributed by atoms with Gasteiger partial charge in [-0.15, -0.1) is 11.3 Å². The molecule has 35 heavy (non-hydrogen) atoms. The molecule has 2 amide bonds. The fourth-order valence-electron chi connectivity index (χ4n) is 3.84. The Morgan fingerprint density at radius 1 is 1.14 bits per heavy atom. The van der Waals surface area contributed by atoms with Crippen LogP contribution in [0.15, 0.2) is 36.4 Å². The lowest BCUT2D eigenvalue weighted by molar-refractivity contribution is -0.118. The van der Waals surface area contributed by atoms with Crippen molar-refractivity contribution >= 4 is 28.2 Å². The number of hydrogen-bond acceptors (Lipinski definition) is 7. The van der Waals surface area contributed by atoms with Crippen LogP contribution < -0.4 is 10.1 Å². The van der Waals surface area contributed by atoms with Crippen LogP contribution in [0.3, 0.4) is 0 Å². The maximum Gasteiger partial charge on any atom is 0.262 e. The standard InChI is InChI=1S/C26H30N4O4S/c1-16(2)24-27-17(3)14-21(29-24)34-15-20(31)28-25-22(26(32)30-10-12-33-13-11-30)18(4)23(35-25)19-8-6-5-7-9-19/h5-9,14,16H,10-13,15H2,1-4H3,(H,28,31). The van der Waals surface area contributed by atoms with Crippen LogP contribution in [0.5, 0.6) is 5.88 Å². The second-order valence-corrected chi connectivity index (χ2v) is 9.75. The molecular formula is C26H30N4O4S. The predicted octanol–water partition coefficient (Wildman–Crippen LogP) is 4.44. The first kappa shape index (κ1) is 24.8. The Kier molecular flexibility index (Phi) is 7.77. The fraction of sp³-hybridized carbons (Fsp3) is 0.385. The van der Waals surface area contributed by atoms with Crippen LogP contribution in [0, 0.1) is 13.8 Å². The Hall–Kier alpha value is -3.30. The summed E-state index contributed by atoms with van der Waals surface area (Å²) in [6.45, 7) is 9.63. The number of carbonyl (C=O) groups is 2. The third-order valence-corrected chi connectivity index (χ3v) is 6.92.